The Balaban J connectivity index is 2.57. The molecule has 3 heteroatoms. The number of ether oxygens (including phenoxy) is 1. The van der Waals surface area contributed by atoms with Gasteiger partial charge in [-0.2, -0.15) is 0 Å². The number of esters is 1. The molecule has 0 spiro atoms. The van der Waals surface area contributed by atoms with E-state index in [-0.39, 0.29) is 12.4 Å². The first kappa shape index (κ1) is 12.4. The van der Waals surface area contributed by atoms with Gasteiger partial charge in [0.2, 0.25) is 0 Å². The molecule has 0 heterocycles. The monoisotopic (exact) mass is 220 g/mol. The fourth-order valence-corrected chi connectivity index (χ4v) is 1.05. The van der Waals surface area contributed by atoms with Gasteiger partial charge in [0.1, 0.15) is 17.8 Å². The van der Waals surface area contributed by atoms with Crippen LogP contribution in [0.4, 0.5) is 0 Å². The molecule has 1 rings (SSSR count). The largest absolute Gasteiger partial charge is 0.460 e. The second kappa shape index (κ2) is 4.92. The molecule has 0 aliphatic heterocycles. The van der Waals surface area contributed by atoms with Gasteiger partial charge in [-0.3, -0.25) is 9.59 Å². The third kappa shape index (κ3) is 2.92. The molecule has 1 aromatic rings. The van der Waals surface area contributed by atoms with Crippen LogP contribution in [0, 0.1) is 5.41 Å². The topological polar surface area (TPSA) is 43.4 Å². The van der Waals surface area contributed by atoms with E-state index in [0.29, 0.717) is 0 Å². The molecular weight excluding hydrogens is 204 g/mol. The van der Waals surface area contributed by atoms with Gasteiger partial charge in [-0.05, 0) is 26.3 Å². The van der Waals surface area contributed by atoms with Crippen molar-refractivity contribution in [3.05, 3.63) is 35.9 Å². The highest BCUT2D eigenvalue weighted by Crippen LogP contribution is 2.19. The van der Waals surface area contributed by atoms with Crippen LogP contribution in [-0.2, 0) is 20.9 Å². The van der Waals surface area contributed by atoms with Crippen molar-refractivity contribution in [1.29, 1.82) is 0 Å². The second-order valence-corrected chi connectivity index (χ2v) is 4.24. The summed E-state index contributed by atoms with van der Waals surface area (Å²) in [6, 6.07) is 9.38. The third-order valence-corrected chi connectivity index (χ3v) is 2.60. The number of carbonyl (C=O) groups excluding carboxylic acids is 2. The number of carbonyl (C=O) groups is 2. The summed E-state index contributed by atoms with van der Waals surface area (Å²) in [5.74, 6) is -0.672. The van der Waals surface area contributed by atoms with E-state index in [1.54, 1.807) is 13.8 Å². The van der Waals surface area contributed by atoms with Crippen LogP contribution in [-0.4, -0.2) is 11.8 Å². The number of benzene rings is 1. The predicted molar refractivity (Wildman–Crippen MR) is 60.7 cm³/mol. The van der Waals surface area contributed by atoms with E-state index in [0.717, 1.165) is 5.56 Å². The van der Waals surface area contributed by atoms with Crippen molar-refractivity contribution in [3.63, 3.8) is 0 Å². The van der Waals surface area contributed by atoms with Gasteiger partial charge < -0.3 is 4.74 Å². The second-order valence-electron chi connectivity index (χ2n) is 4.24. The minimum absolute atomic E-state index is 0.189. The van der Waals surface area contributed by atoms with Crippen LogP contribution >= 0.6 is 0 Å². The molecule has 0 radical (unpaired) electrons. The van der Waals surface area contributed by atoms with Crippen LogP contribution in [0.2, 0.25) is 0 Å². The molecular formula is C13H16O3. The fraction of sp³-hybridized carbons (Fsp3) is 0.385. The summed E-state index contributed by atoms with van der Waals surface area (Å²) in [5.41, 5.74) is -0.149. The van der Waals surface area contributed by atoms with Gasteiger partial charge in [0.15, 0.2) is 0 Å². The van der Waals surface area contributed by atoms with E-state index in [1.807, 2.05) is 30.3 Å². The van der Waals surface area contributed by atoms with Gasteiger partial charge in [0.25, 0.3) is 0 Å². The molecule has 1 aromatic carbocycles. The minimum Gasteiger partial charge on any atom is -0.460 e. The molecule has 0 aliphatic carbocycles. The molecule has 0 aliphatic rings. The van der Waals surface area contributed by atoms with Crippen molar-refractivity contribution in [1.82, 2.24) is 0 Å². The minimum atomic E-state index is -1.06. The summed E-state index contributed by atoms with van der Waals surface area (Å²) in [6.07, 6.45) is 0. The quantitative estimate of drug-likeness (QED) is 0.578. The van der Waals surface area contributed by atoms with Gasteiger partial charge in [-0.1, -0.05) is 30.3 Å². The van der Waals surface area contributed by atoms with Crippen LogP contribution in [0.25, 0.3) is 0 Å². The lowest BCUT2D eigenvalue weighted by Gasteiger charge is -2.18. The maximum Gasteiger partial charge on any atom is 0.319 e. The van der Waals surface area contributed by atoms with Crippen molar-refractivity contribution >= 4 is 11.8 Å². The van der Waals surface area contributed by atoms with Crippen LogP contribution in [0.15, 0.2) is 30.3 Å². The summed E-state index contributed by atoms with van der Waals surface area (Å²) >= 11 is 0. The van der Waals surface area contributed by atoms with Gasteiger partial charge in [-0.15, -0.1) is 0 Å². The Kier molecular flexibility index (Phi) is 3.82. The summed E-state index contributed by atoms with van der Waals surface area (Å²) in [7, 11) is 0. The molecule has 0 amide bonds. The first-order valence-corrected chi connectivity index (χ1v) is 5.17. The predicted octanol–water partition coefficient (Wildman–Crippen LogP) is 2.35. The number of hydrogen-bond acceptors (Lipinski definition) is 3. The third-order valence-electron chi connectivity index (χ3n) is 2.60. The standard InChI is InChI=1S/C13H16O3/c1-10(14)13(2,3)12(15)16-9-11-7-5-4-6-8-11/h4-8H,9H2,1-3H3. The molecule has 0 unspecified atom stereocenters. The fourth-order valence-electron chi connectivity index (χ4n) is 1.05. The average molecular weight is 220 g/mol. The molecule has 0 fully saturated rings. The first-order valence-electron chi connectivity index (χ1n) is 5.17. The SMILES string of the molecule is CC(=O)C(C)(C)C(=O)OCc1ccccc1. The molecule has 16 heavy (non-hydrogen) atoms. The van der Waals surface area contributed by atoms with Crippen molar-refractivity contribution < 1.29 is 14.3 Å². The van der Waals surface area contributed by atoms with Gasteiger partial charge >= 0.3 is 5.97 Å². The number of rotatable bonds is 4. The molecule has 0 N–H and O–H groups in total. The summed E-state index contributed by atoms with van der Waals surface area (Å²) in [5, 5.41) is 0. The van der Waals surface area contributed by atoms with Gasteiger partial charge in [0, 0.05) is 0 Å². The molecule has 0 aromatic heterocycles. The zero-order valence-electron chi connectivity index (χ0n) is 9.82. The molecule has 3 nitrogen and oxygen atoms in total. The zero-order chi connectivity index (χ0) is 12.2. The Morgan fingerprint density at radius 3 is 2.25 bits per heavy atom. The first-order chi connectivity index (χ1) is 7.44. The highest BCUT2D eigenvalue weighted by atomic mass is 16.5. The number of hydrogen-bond donors (Lipinski definition) is 0. The maximum atomic E-state index is 11.6. The number of Topliss-reactive ketones (excluding diaryl/α,β-unsaturated/α-hetero) is 1. The van der Waals surface area contributed by atoms with E-state index < -0.39 is 11.4 Å². The van der Waals surface area contributed by atoms with Crippen molar-refractivity contribution in [2.24, 2.45) is 5.41 Å². The smallest absolute Gasteiger partial charge is 0.319 e. The van der Waals surface area contributed by atoms with E-state index >= 15 is 0 Å². The Bertz CT molecular complexity index is 379. The summed E-state index contributed by atoms with van der Waals surface area (Å²) in [6.45, 7) is 4.74. The van der Waals surface area contributed by atoms with E-state index in [1.165, 1.54) is 6.92 Å². The van der Waals surface area contributed by atoms with Crippen LogP contribution < -0.4 is 0 Å². The van der Waals surface area contributed by atoms with E-state index in [9.17, 15) is 9.59 Å². The van der Waals surface area contributed by atoms with Gasteiger partial charge in [0.05, 0.1) is 0 Å². The Morgan fingerprint density at radius 2 is 1.75 bits per heavy atom. The molecule has 86 valence electrons. The normalized spacial score (nSPS) is 10.9. The summed E-state index contributed by atoms with van der Waals surface area (Å²) < 4.78 is 5.09. The van der Waals surface area contributed by atoms with Crippen molar-refractivity contribution in [3.8, 4) is 0 Å². The highest BCUT2D eigenvalue weighted by molar-refractivity contribution is 6.01. The Morgan fingerprint density at radius 1 is 1.19 bits per heavy atom. The highest BCUT2D eigenvalue weighted by Gasteiger charge is 2.34. The van der Waals surface area contributed by atoms with Crippen LogP contribution in [0.3, 0.4) is 0 Å². The van der Waals surface area contributed by atoms with Crippen LogP contribution in [0.1, 0.15) is 26.3 Å². The maximum absolute atomic E-state index is 11.6. The van der Waals surface area contributed by atoms with Crippen molar-refractivity contribution in [2.45, 2.75) is 27.4 Å². The van der Waals surface area contributed by atoms with Crippen molar-refractivity contribution in [2.75, 3.05) is 0 Å². The van der Waals surface area contributed by atoms with E-state index in [2.05, 4.69) is 0 Å². The van der Waals surface area contributed by atoms with Crippen LogP contribution in [0.5, 0.6) is 0 Å². The lowest BCUT2D eigenvalue weighted by molar-refractivity contribution is -0.158. The molecule has 0 saturated carbocycles. The average Bonchev–Trinajstić information content (AvgIpc) is 2.27. The van der Waals surface area contributed by atoms with E-state index in [4.69, 9.17) is 4.74 Å². The number of ketones is 1. The van der Waals surface area contributed by atoms with Gasteiger partial charge in [-0.25, -0.2) is 0 Å². The Labute approximate surface area is 95.4 Å². The Hall–Kier alpha value is -1.64. The molecule has 0 atom stereocenters. The molecule has 0 saturated heterocycles. The lowest BCUT2D eigenvalue weighted by Crippen LogP contribution is -2.33. The lowest BCUT2D eigenvalue weighted by atomic mass is 9.89. The molecule has 0 bridgehead atoms. The zero-order valence-corrected chi connectivity index (χ0v) is 9.82. The summed E-state index contributed by atoms with van der Waals surface area (Å²) in [4.78, 5) is 22.9.